The van der Waals surface area contributed by atoms with Gasteiger partial charge < -0.3 is 0 Å². The molecule has 3 heteroatoms. The average molecular weight is 160 g/mol. The van der Waals surface area contributed by atoms with Crippen molar-refractivity contribution in [1.82, 2.24) is 4.98 Å². The summed E-state index contributed by atoms with van der Waals surface area (Å²) >= 11 is 5.57. The summed E-state index contributed by atoms with van der Waals surface area (Å²) < 4.78 is 12.4. The van der Waals surface area contributed by atoms with Crippen molar-refractivity contribution in [3.8, 4) is 0 Å². The van der Waals surface area contributed by atoms with Crippen molar-refractivity contribution < 1.29 is 4.39 Å². The van der Waals surface area contributed by atoms with E-state index in [1.807, 2.05) is 6.92 Å². The molecule has 0 aliphatic carbocycles. The number of aryl methyl sites for hydroxylation is 1. The van der Waals surface area contributed by atoms with E-state index in [2.05, 4.69) is 4.98 Å². The molecule has 0 fully saturated rings. The highest BCUT2D eigenvalue weighted by Crippen LogP contribution is 2.15. The van der Waals surface area contributed by atoms with E-state index >= 15 is 0 Å². The molecule has 0 unspecified atom stereocenters. The number of halogens is 2. The highest BCUT2D eigenvalue weighted by molar-refractivity contribution is 6.30. The molecule has 0 aliphatic heterocycles. The standard InChI is InChI=1S/C7H7ClFN/c1-4-3-6(9)10-7(8)5(4)2/h3H,1-2H3. The molecule has 1 nitrogen and oxygen atoms in total. The zero-order chi connectivity index (χ0) is 7.72. The van der Waals surface area contributed by atoms with Gasteiger partial charge in [-0.15, -0.1) is 0 Å². The molecular weight excluding hydrogens is 153 g/mol. The molecule has 1 aromatic rings. The lowest BCUT2D eigenvalue weighted by Crippen LogP contribution is -1.89. The molecule has 0 aromatic carbocycles. The third kappa shape index (κ3) is 1.27. The molecule has 0 aliphatic rings. The summed E-state index contributed by atoms with van der Waals surface area (Å²) in [5.74, 6) is -0.520. The first kappa shape index (κ1) is 7.48. The average Bonchev–Trinajstić information content (AvgIpc) is 1.82. The zero-order valence-electron chi connectivity index (χ0n) is 5.78. The second kappa shape index (κ2) is 2.54. The predicted molar refractivity (Wildman–Crippen MR) is 38.7 cm³/mol. The van der Waals surface area contributed by atoms with Gasteiger partial charge in [0.05, 0.1) is 0 Å². The molecule has 10 heavy (non-hydrogen) atoms. The van der Waals surface area contributed by atoms with Crippen molar-refractivity contribution in [2.45, 2.75) is 13.8 Å². The molecule has 54 valence electrons. The van der Waals surface area contributed by atoms with Gasteiger partial charge in [0, 0.05) is 0 Å². The molecule has 0 spiro atoms. The SMILES string of the molecule is Cc1cc(F)nc(Cl)c1C. The topological polar surface area (TPSA) is 12.9 Å². The zero-order valence-corrected chi connectivity index (χ0v) is 6.54. The number of hydrogen-bond donors (Lipinski definition) is 0. The van der Waals surface area contributed by atoms with Gasteiger partial charge in [-0.25, -0.2) is 4.98 Å². The maximum Gasteiger partial charge on any atom is 0.214 e. The highest BCUT2D eigenvalue weighted by atomic mass is 35.5. The number of nitrogens with zero attached hydrogens (tertiary/aromatic N) is 1. The molecule has 0 radical (unpaired) electrons. The first-order valence-corrected chi connectivity index (χ1v) is 3.28. The van der Waals surface area contributed by atoms with Crippen LogP contribution in [-0.2, 0) is 0 Å². The second-order valence-electron chi connectivity index (χ2n) is 2.18. The van der Waals surface area contributed by atoms with E-state index in [-0.39, 0.29) is 5.15 Å². The van der Waals surface area contributed by atoms with Crippen LogP contribution < -0.4 is 0 Å². The Bertz CT molecular complexity index is 237. The lowest BCUT2D eigenvalue weighted by Gasteiger charge is -1.99. The molecule has 0 atom stereocenters. The van der Waals surface area contributed by atoms with Gasteiger partial charge in [0.2, 0.25) is 5.95 Å². The fourth-order valence-electron chi connectivity index (χ4n) is 0.660. The maximum absolute atomic E-state index is 12.4. The van der Waals surface area contributed by atoms with Gasteiger partial charge in [-0.3, -0.25) is 0 Å². The van der Waals surface area contributed by atoms with E-state index in [9.17, 15) is 4.39 Å². The van der Waals surface area contributed by atoms with Crippen molar-refractivity contribution in [3.05, 3.63) is 28.3 Å². The lowest BCUT2D eigenvalue weighted by molar-refractivity contribution is 0.581. The summed E-state index contributed by atoms with van der Waals surface area (Å²) in [6.45, 7) is 3.61. The van der Waals surface area contributed by atoms with Gasteiger partial charge in [-0.2, -0.15) is 4.39 Å². The van der Waals surface area contributed by atoms with E-state index in [0.717, 1.165) is 11.1 Å². The van der Waals surface area contributed by atoms with Crippen LogP contribution in [0.5, 0.6) is 0 Å². The van der Waals surface area contributed by atoms with Crippen molar-refractivity contribution in [3.63, 3.8) is 0 Å². The summed E-state index contributed by atoms with van der Waals surface area (Å²) in [7, 11) is 0. The minimum atomic E-state index is -0.520. The van der Waals surface area contributed by atoms with E-state index in [0.29, 0.717) is 0 Å². The Kier molecular flexibility index (Phi) is 1.90. The summed E-state index contributed by atoms with van der Waals surface area (Å²) in [6, 6.07) is 1.36. The summed E-state index contributed by atoms with van der Waals surface area (Å²) in [5.41, 5.74) is 1.67. The molecule has 0 bridgehead atoms. The van der Waals surface area contributed by atoms with Gasteiger partial charge in [-0.05, 0) is 31.0 Å². The summed E-state index contributed by atoms with van der Waals surface area (Å²) in [6.07, 6.45) is 0. The second-order valence-corrected chi connectivity index (χ2v) is 2.54. The Morgan fingerprint density at radius 1 is 1.50 bits per heavy atom. The molecular formula is C7H7ClFN. The van der Waals surface area contributed by atoms with Gasteiger partial charge in [0.15, 0.2) is 0 Å². The van der Waals surface area contributed by atoms with Gasteiger partial charge in [-0.1, -0.05) is 11.6 Å². The third-order valence-electron chi connectivity index (χ3n) is 1.44. The fraction of sp³-hybridized carbons (Fsp3) is 0.286. The van der Waals surface area contributed by atoms with Crippen LogP contribution in [0, 0.1) is 19.8 Å². The largest absolute Gasteiger partial charge is 0.214 e. The van der Waals surface area contributed by atoms with Crippen LogP contribution in [0.3, 0.4) is 0 Å². The minimum absolute atomic E-state index is 0.248. The van der Waals surface area contributed by atoms with E-state index in [1.54, 1.807) is 6.92 Å². The van der Waals surface area contributed by atoms with Crippen LogP contribution in [0.4, 0.5) is 4.39 Å². The summed E-state index contributed by atoms with van der Waals surface area (Å²) in [5, 5.41) is 0.248. The monoisotopic (exact) mass is 159 g/mol. The number of aromatic nitrogens is 1. The predicted octanol–water partition coefficient (Wildman–Crippen LogP) is 2.49. The first-order chi connectivity index (χ1) is 4.61. The Morgan fingerprint density at radius 2 is 2.10 bits per heavy atom. The van der Waals surface area contributed by atoms with Crippen LogP contribution in [0.15, 0.2) is 6.07 Å². The Morgan fingerprint density at radius 3 is 2.60 bits per heavy atom. The van der Waals surface area contributed by atoms with E-state index in [1.165, 1.54) is 6.07 Å². The van der Waals surface area contributed by atoms with Crippen LogP contribution >= 0.6 is 11.6 Å². The number of hydrogen-bond acceptors (Lipinski definition) is 1. The Hall–Kier alpha value is -0.630. The van der Waals surface area contributed by atoms with Crippen LogP contribution in [0.2, 0.25) is 5.15 Å². The Balaban J connectivity index is 3.31. The van der Waals surface area contributed by atoms with Gasteiger partial charge >= 0.3 is 0 Å². The van der Waals surface area contributed by atoms with Crippen LogP contribution in [-0.4, -0.2) is 4.98 Å². The van der Waals surface area contributed by atoms with E-state index in [4.69, 9.17) is 11.6 Å². The minimum Gasteiger partial charge on any atom is -0.208 e. The fourth-order valence-corrected chi connectivity index (χ4v) is 0.889. The first-order valence-electron chi connectivity index (χ1n) is 2.90. The molecule has 0 N–H and O–H groups in total. The van der Waals surface area contributed by atoms with Crippen molar-refractivity contribution >= 4 is 11.6 Å². The lowest BCUT2D eigenvalue weighted by atomic mass is 10.2. The number of pyridine rings is 1. The van der Waals surface area contributed by atoms with Gasteiger partial charge in [0.1, 0.15) is 5.15 Å². The highest BCUT2D eigenvalue weighted by Gasteiger charge is 2.01. The molecule has 1 aromatic heterocycles. The number of rotatable bonds is 0. The van der Waals surface area contributed by atoms with Crippen molar-refractivity contribution in [2.75, 3.05) is 0 Å². The van der Waals surface area contributed by atoms with Crippen LogP contribution in [0.25, 0.3) is 0 Å². The quantitative estimate of drug-likeness (QED) is 0.530. The normalized spacial score (nSPS) is 10.0. The maximum atomic E-state index is 12.4. The molecule has 0 saturated heterocycles. The molecule has 0 saturated carbocycles. The van der Waals surface area contributed by atoms with Crippen molar-refractivity contribution in [1.29, 1.82) is 0 Å². The molecule has 0 amide bonds. The van der Waals surface area contributed by atoms with Crippen LogP contribution in [0.1, 0.15) is 11.1 Å². The molecule has 1 rings (SSSR count). The van der Waals surface area contributed by atoms with Gasteiger partial charge in [0.25, 0.3) is 0 Å². The third-order valence-corrected chi connectivity index (χ3v) is 1.81. The van der Waals surface area contributed by atoms with Crippen molar-refractivity contribution in [2.24, 2.45) is 0 Å². The van der Waals surface area contributed by atoms with E-state index < -0.39 is 5.95 Å². The molecule has 1 heterocycles. The smallest absolute Gasteiger partial charge is 0.208 e. The summed E-state index contributed by atoms with van der Waals surface area (Å²) in [4.78, 5) is 3.43. The Labute approximate surface area is 63.8 Å².